The standard InChI is InChI=1S/C12H18N2O2/c1-8-4-9(2)6-10(5-8)14(3)11(7-13)12(15)16/h4-6,11H,7,13H2,1-3H3,(H,15,16). The van der Waals surface area contributed by atoms with Crippen molar-refractivity contribution in [3.63, 3.8) is 0 Å². The second kappa shape index (κ2) is 4.99. The Morgan fingerprint density at radius 1 is 1.38 bits per heavy atom. The van der Waals surface area contributed by atoms with E-state index in [0.29, 0.717) is 0 Å². The van der Waals surface area contributed by atoms with E-state index in [1.807, 2.05) is 26.0 Å². The first-order valence-electron chi connectivity index (χ1n) is 5.19. The number of carboxylic acids is 1. The minimum Gasteiger partial charge on any atom is -0.480 e. The quantitative estimate of drug-likeness (QED) is 0.802. The molecule has 4 heteroatoms. The largest absolute Gasteiger partial charge is 0.480 e. The molecule has 0 saturated carbocycles. The Hall–Kier alpha value is -1.55. The number of aliphatic carboxylic acids is 1. The van der Waals surface area contributed by atoms with E-state index in [-0.39, 0.29) is 6.54 Å². The van der Waals surface area contributed by atoms with Gasteiger partial charge in [0, 0.05) is 19.3 Å². The zero-order valence-corrected chi connectivity index (χ0v) is 9.90. The third kappa shape index (κ3) is 2.73. The number of nitrogens with two attached hydrogens (primary N) is 1. The highest BCUT2D eigenvalue weighted by Crippen LogP contribution is 2.19. The number of rotatable bonds is 4. The van der Waals surface area contributed by atoms with Crippen LogP contribution in [-0.4, -0.2) is 30.7 Å². The minimum absolute atomic E-state index is 0.0961. The molecule has 0 heterocycles. The van der Waals surface area contributed by atoms with Crippen molar-refractivity contribution < 1.29 is 9.90 Å². The van der Waals surface area contributed by atoms with Crippen LogP contribution in [0, 0.1) is 13.8 Å². The predicted octanol–water partition coefficient (Wildman–Crippen LogP) is 1.15. The van der Waals surface area contributed by atoms with Crippen molar-refractivity contribution in [3.8, 4) is 0 Å². The van der Waals surface area contributed by atoms with E-state index in [4.69, 9.17) is 10.8 Å². The van der Waals surface area contributed by atoms with Crippen molar-refractivity contribution in [1.82, 2.24) is 0 Å². The maximum absolute atomic E-state index is 11.0. The van der Waals surface area contributed by atoms with Crippen LogP contribution < -0.4 is 10.6 Å². The monoisotopic (exact) mass is 222 g/mol. The lowest BCUT2D eigenvalue weighted by atomic mass is 10.1. The molecule has 3 N–H and O–H groups in total. The Morgan fingerprint density at radius 3 is 2.25 bits per heavy atom. The molecule has 1 aromatic carbocycles. The summed E-state index contributed by atoms with van der Waals surface area (Å²) in [5, 5.41) is 9.02. The Labute approximate surface area is 95.7 Å². The second-order valence-electron chi connectivity index (χ2n) is 4.05. The Balaban J connectivity index is 3.02. The number of nitrogens with zero attached hydrogens (tertiary/aromatic N) is 1. The molecule has 88 valence electrons. The lowest BCUT2D eigenvalue weighted by Gasteiger charge is -2.26. The van der Waals surface area contributed by atoms with Gasteiger partial charge in [0.25, 0.3) is 0 Å². The van der Waals surface area contributed by atoms with Crippen LogP contribution in [0.25, 0.3) is 0 Å². The summed E-state index contributed by atoms with van der Waals surface area (Å²) in [5.41, 5.74) is 8.58. The van der Waals surface area contributed by atoms with Crippen LogP contribution in [0.3, 0.4) is 0 Å². The van der Waals surface area contributed by atoms with Crippen LogP contribution in [0.15, 0.2) is 18.2 Å². The van der Waals surface area contributed by atoms with Gasteiger partial charge in [0.1, 0.15) is 6.04 Å². The van der Waals surface area contributed by atoms with Gasteiger partial charge >= 0.3 is 5.97 Å². The van der Waals surface area contributed by atoms with Crippen molar-refractivity contribution >= 4 is 11.7 Å². The van der Waals surface area contributed by atoms with Crippen LogP contribution >= 0.6 is 0 Å². The molecule has 4 nitrogen and oxygen atoms in total. The molecule has 0 aliphatic heterocycles. The van der Waals surface area contributed by atoms with E-state index in [2.05, 4.69) is 6.07 Å². The van der Waals surface area contributed by atoms with Gasteiger partial charge in [-0.2, -0.15) is 0 Å². The fourth-order valence-electron chi connectivity index (χ4n) is 1.76. The first-order chi connectivity index (χ1) is 7.45. The Kier molecular flexibility index (Phi) is 3.90. The highest BCUT2D eigenvalue weighted by molar-refractivity contribution is 5.78. The molecule has 1 unspecified atom stereocenters. The molecule has 1 rings (SSSR count). The highest BCUT2D eigenvalue weighted by Gasteiger charge is 2.21. The van der Waals surface area contributed by atoms with Gasteiger partial charge < -0.3 is 15.7 Å². The SMILES string of the molecule is Cc1cc(C)cc(N(C)C(CN)C(=O)O)c1. The van der Waals surface area contributed by atoms with Gasteiger partial charge in [-0.25, -0.2) is 4.79 Å². The molecule has 0 saturated heterocycles. The predicted molar refractivity (Wildman–Crippen MR) is 64.8 cm³/mol. The smallest absolute Gasteiger partial charge is 0.327 e. The van der Waals surface area contributed by atoms with Gasteiger partial charge in [-0.05, 0) is 37.1 Å². The van der Waals surface area contributed by atoms with E-state index >= 15 is 0 Å². The number of hydrogen-bond donors (Lipinski definition) is 2. The van der Waals surface area contributed by atoms with E-state index in [9.17, 15) is 4.79 Å². The lowest BCUT2D eigenvalue weighted by molar-refractivity contribution is -0.138. The summed E-state index contributed by atoms with van der Waals surface area (Å²) in [6.45, 7) is 4.07. The van der Waals surface area contributed by atoms with Gasteiger partial charge in [0.15, 0.2) is 0 Å². The topological polar surface area (TPSA) is 66.6 Å². The van der Waals surface area contributed by atoms with Crippen molar-refractivity contribution in [1.29, 1.82) is 0 Å². The molecule has 1 atom stereocenters. The maximum atomic E-state index is 11.0. The van der Waals surface area contributed by atoms with Crippen LogP contribution in [-0.2, 0) is 4.79 Å². The Bertz CT molecular complexity index is 370. The molecule has 0 aliphatic carbocycles. The van der Waals surface area contributed by atoms with Crippen LogP contribution in [0.5, 0.6) is 0 Å². The number of carboxylic acid groups (broad SMARTS) is 1. The van der Waals surface area contributed by atoms with Gasteiger partial charge in [0.2, 0.25) is 0 Å². The van der Waals surface area contributed by atoms with Crippen molar-refractivity contribution in [2.45, 2.75) is 19.9 Å². The summed E-state index contributed by atoms with van der Waals surface area (Å²) < 4.78 is 0. The Morgan fingerprint density at radius 2 is 1.88 bits per heavy atom. The summed E-state index contributed by atoms with van der Waals surface area (Å²) in [6, 6.07) is 5.29. The molecule has 0 radical (unpaired) electrons. The van der Waals surface area contributed by atoms with Gasteiger partial charge in [-0.1, -0.05) is 6.07 Å². The van der Waals surface area contributed by atoms with E-state index < -0.39 is 12.0 Å². The van der Waals surface area contributed by atoms with Crippen molar-refractivity contribution in [2.75, 3.05) is 18.5 Å². The fraction of sp³-hybridized carbons (Fsp3) is 0.417. The number of benzene rings is 1. The average Bonchev–Trinajstić information content (AvgIpc) is 2.16. The fourth-order valence-corrected chi connectivity index (χ4v) is 1.76. The summed E-state index contributed by atoms with van der Waals surface area (Å²) >= 11 is 0. The summed E-state index contributed by atoms with van der Waals surface area (Å²) in [5.74, 6) is -0.899. The number of aryl methyl sites for hydroxylation is 2. The van der Waals surface area contributed by atoms with E-state index in [0.717, 1.165) is 16.8 Å². The molecule has 0 fully saturated rings. The second-order valence-corrected chi connectivity index (χ2v) is 4.05. The summed E-state index contributed by atoms with van der Waals surface area (Å²) in [7, 11) is 1.75. The molecule has 16 heavy (non-hydrogen) atoms. The maximum Gasteiger partial charge on any atom is 0.327 e. The molecule has 0 aromatic heterocycles. The molecule has 0 aliphatic rings. The normalized spacial score (nSPS) is 12.2. The van der Waals surface area contributed by atoms with Crippen molar-refractivity contribution in [3.05, 3.63) is 29.3 Å². The first kappa shape index (κ1) is 12.5. The molecular weight excluding hydrogens is 204 g/mol. The summed E-state index contributed by atoms with van der Waals surface area (Å²) in [4.78, 5) is 12.7. The lowest BCUT2D eigenvalue weighted by Crippen LogP contribution is -2.44. The molecule has 1 aromatic rings. The van der Waals surface area contributed by atoms with Crippen molar-refractivity contribution in [2.24, 2.45) is 5.73 Å². The van der Waals surface area contributed by atoms with Crippen LogP contribution in [0.2, 0.25) is 0 Å². The zero-order chi connectivity index (χ0) is 12.3. The molecule has 0 amide bonds. The van der Waals surface area contributed by atoms with E-state index in [1.165, 1.54) is 0 Å². The van der Waals surface area contributed by atoms with Gasteiger partial charge in [-0.3, -0.25) is 0 Å². The molecule has 0 bridgehead atoms. The van der Waals surface area contributed by atoms with Crippen LogP contribution in [0.4, 0.5) is 5.69 Å². The number of hydrogen-bond acceptors (Lipinski definition) is 3. The molecule has 0 spiro atoms. The van der Waals surface area contributed by atoms with E-state index in [1.54, 1.807) is 11.9 Å². The first-order valence-corrected chi connectivity index (χ1v) is 5.19. The number of anilines is 1. The zero-order valence-electron chi connectivity index (χ0n) is 9.90. The third-order valence-electron chi connectivity index (χ3n) is 2.59. The molecular formula is C12H18N2O2. The highest BCUT2D eigenvalue weighted by atomic mass is 16.4. The average molecular weight is 222 g/mol. The summed E-state index contributed by atoms with van der Waals surface area (Å²) in [6.07, 6.45) is 0. The van der Waals surface area contributed by atoms with Gasteiger partial charge in [0.05, 0.1) is 0 Å². The van der Waals surface area contributed by atoms with Crippen LogP contribution in [0.1, 0.15) is 11.1 Å². The third-order valence-corrected chi connectivity index (χ3v) is 2.59. The minimum atomic E-state index is -0.899. The van der Waals surface area contributed by atoms with Gasteiger partial charge in [-0.15, -0.1) is 0 Å². The number of carbonyl (C=O) groups is 1. The number of likely N-dealkylation sites (N-methyl/N-ethyl adjacent to an activating group) is 1.